The quantitative estimate of drug-likeness (QED) is 0.561. The highest BCUT2D eigenvalue weighted by Crippen LogP contribution is 2.32. The van der Waals surface area contributed by atoms with Crippen molar-refractivity contribution < 1.29 is 23.6 Å². The number of imide groups is 1. The number of hydrogen-bond donors (Lipinski definition) is 1. The SMILES string of the molecule is O=C1CN(c2cccc(-c3noc([C@H]4CCCCN4C(=O)COc4ccccc4)n3)c2)C(=O)N1. The minimum Gasteiger partial charge on any atom is -0.484 e. The number of likely N-dealkylation sites (tertiary alicyclic amines) is 1. The van der Waals surface area contributed by atoms with Crippen molar-refractivity contribution >= 4 is 23.5 Å². The van der Waals surface area contributed by atoms with Crippen molar-refractivity contribution in [3.63, 3.8) is 0 Å². The molecule has 5 rings (SSSR count). The lowest BCUT2D eigenvalue weighted by atomic mass is 10.0. The van der Waals surface area contributed by atoms with Crippen LogP contribution in [0, 0.1) is 0 Å². The van der Waals surface area contributed by atoms with Gasteiger partial charge in [0.05, 0.1) is 0 Å². The second kappa shape index (κ2) is 9.34. The number of piperidine rings is 1. The van der Waals surface area contributed by atoms with Gasteiger partial charge in [-0.2, -0.15) is 4.98 Å². The van der Waals surface area contributed by atoms with E-state index in [4.69, 9.17) is 9.26 Å². The summed E-state index contributed by atoms with van der Waals surface area (Å²) in [7, 11) is 0. The predicted molar refractivity (Wildman–Crippen MR) is 121 cm³/mol. The number of amides is 4. The highest BCUT2D eigenvalue weighted by molar-refractivity contribution is 6.12. The number of para-hydroxylation sites is 1. The lowest BCUT2D eigenvalue weighted by Gasteiger charge is -2.33. The van der Waals surface area contributed by atoms with Crippen molar-refractivity contribution in [2.45, 2.75) is 25.3 Å². The highest BCUT2D eigenvalue weighted by atomic mass is 16.5. The molecule has 2 aromatic carbocycles. The number of aromatic nitrogens is 2. The average molecular weight is 461 g/mol. The largest absolute Gasteiger partial charge is 0.484 e. The smallest absolute Gasteiger partial charge is 0.329 e. The van der Waals surface area contributed by atoms with Crippen LogP contribution in [0.3, 0.4) is 0 Å². The molecule has 1 aromatic heterocycles. The van der Waals surface area contributed by atoms with Crippen LogP contribution in [-0.2, 0) is 9.59 Å². The van der Waals surface area contributed by atoms with Gasteiger partial charge in [-0.15, -0.1) is 0 Å². The van der Waals surface area contributed by atoms with Gasteiger partial charge in [0.15, 0.2) is 6.61 Å². The van der Waals surface area contributed by atoms with E-state index in [1.807, 2.05) is 18.2 Å². The molecule has 0 unspecified atom stereocenters. The van der Waals surface area contributed by atoms with Crippen LogP contribution in [0.1, 0.15) is 31.2 Å². The summed E-state index contributed by atoms with van der Waals surface area (Å²) < 4.78 is 11.2. The first-order valence-electron chi connectivity index (χ1n) is 11.1. The molecule has 0 aliphatic carbocycles. The lowest BCUT2D eigenvalue weighted by Crippen LogP contribution is -2.41. The van der Waals surface area contributed by atoms with Gasteiger partial charge in [-0.25, -0.2) is 4.79 Å². The molecule has 2 aliphatic heterocycles. The molecule has 0 radical (unpaired) electrons. The van der Waals surface area contributed by atoms with Gasteiger partial charge in [0.2, 0.25) is 17.6 Å². The molecule has 34 heavy (non-hydrogen) atoms. The van der Waals surface area contributed by atoms with Crippen LogP contribution in [0.5, 0.6) is 5.75 Å². The van der Waals surface area contributed by atoms with Gasteiger partial charge >= 0.3 is 6.03 Å². The number of benzene rings is 2. The molecule has 2 aliphatic rings. The summed E-state index contributed by atoms with van der Waals surface area (Å²) in [5, 5.41) is 6.37. The zero-order chi connectivity index (χ0) is 23.5. The third-order valence-corrected chi connectivity index (χ3v) is 5.86. The molecular weight excluding hydrogens is 438 g/mol. The molecule has 4 amide bonds. The molecule has 2 fully saturated rings. The third kappa shape index (κ3) is 4.47. The molecule has 10 heteroatoms. The molecule has 0 bridgehead atoms. The van der Waals surface area contributed by atoms with E-state index in [1.165, 1.54) is 4.90 Å². The van der Waals surface area contributed by atoms with Crippen LogP contribution in [0.25, 0.3) is 11.4 Å². The number of carbonyl (C=O) groups excluding carboxylic acids is 3. The molecule has 0 spiro atoms. The van der Waals surface area contributed by atoms with E-state index in [2.05, 4.69) is 15.5 Å². The summed E-state index contributed by atoms with van der Waals surface area (Å²) in [6.45, 7) is 0.483. The van der Waals surface area contributed by atoms with Gasteiger partial charge in [0.25, 0.3) is 5.91 Å². The average Bonchev–Trinajstić information content (AvgIpc) is 3.49. The molecule has 3 heterocycles. The van der Waals surface area contributed by atoms with Gasteiger partial charge in [-0.05, 0) is 43.5 Å². The summed E-state index contributed by atoms with van der Waals surface area (Å²) in [5.74, 6) is 0.858. The Balaban J connectivity index is 1.32. The zero-order valence-corrected chi connectivity index (χ0v) is 18.3. The Morgan fingerprint density at radius 3 is 2.76 bits per heavy atom. The van der Waals surface area contributed by atoms with E-state index >= 15 is 0 Å². The van der Waals surface area contributed by atoms with Crippen LogP contribution < -0.4 is 15.0 Å². The number of nitrogens with zero attached hydrogens (tertiary/aromatic N) is 4. The van der Waals surface area contributed by atoms with Crippen LogP contribution in [0.4, 0.5) is 10.5 Å². The van der Waals surface area contributed by atoms with Crippen molar-refractivity contribution in [2.75, 3.05) is 24.6 Å². The molecule has 1 N–H and O–H groups in total. The minimum absolute atomic E-state index is 0.0377. The number of urea groups is 1. The molecule has 0 saturated carbocycles. The van der Waals surface area contributed by atoms with Crippen LogP contribution >= 0.6 is 0 Å². The highest BCUT2D eigenvalue weighted by Gasteiger charge is 2.33. The van der Waals surface area contributed by atoms with E-state index < -0.39 is 6.03 Å². The Bertz CT molecular complexity index is 1210. The zero-order valence-electron chi connectivity index (χ0n) is 18.3. The van der Waals surface area contributed by atoms with Gasteiger partial charge < -0.3 is 14.2 Å². The van der Waals surface area contributed by atoms with Crippen LogP contribution in [-0.4, -0.2) is 52.6 Å². The number of ether oxygens (including phenoxy) is 1. The van der Waals surface area contributed by atoms with Crippen molar-refractivity contribution in [1.29, 1.82) is 0 Å². The first kappa shape index (κ1) is 21.6. The van der Waals surface area contributed by atoms with Crippen LogP contribution in [0.15, 0.2) is 59.1 Å². The molecule has 1 atom stereocenters. The van der Waals surface area contributed by atoms with Gasteiger partial charge in [-0.1, -0.05) is 35.5 Å². The van der Waals surface area contributed by atoms with E-state index in [-0.39, 0.29) is 31.0 Å². The topological polar surface area (TPSA) is 118 Å². The fourth-order valence-corrected chi connectivity index (χ4v) is 4.18. The summed E-state index contributed by atoms with van der Waals surface area (Å²) in [4.78, 5) is 44.1. The van der Waals surface area contributed by atoms with Gasteiger partial charge in [0.1, 0.15) is 18.3 Å². The number of nitrogens with one attached hydrogen (secondary N) is 1. The maximum absolute atomic E-state index is 12.9. The Morgan fingerprint density at radius 2 is 1.97 bits per heavy atom. The lowest BCUT2D eigenvalue weighted by molar-refractivity contribution is -0.138. The summed E-state index contributed by atoms with van der Waals surface area (Å²) in [5.41, 5.74) is 1.19. The van der Waals surface area contributed by atoms with E-state index in [0.717, 1.165) is 19.3 Å². The summed E-state index contributed by atoms with van der Waals surface area (Å²) in [6, 6.07) is 15.4. The summed E-state index contributed by atoms with van der Waals surface area (Å²) in [6.07, 6.45) is 2.56. The predicted octanol–water partition coefficient (Wildman–Crippen LogP) is 2.93. The Morgan fingerprint density at radius 1 is 1.12 bits per heavy atom. The van der Waals surface area contributed by atoms with Crippen molar-refractivity contribution in [2.24, 2.45) is 0 Å². The Hall–Kier alpha value is -4.21. The van der Waals surface area contributed by atoms with Crippen molar-refractivity contribution in [3.05, 3.63) is 60.5 Å². The molecule has 2 saturated heterocycles. The van der Waals surface area contributed by atoms with E-state index in [9.17, 15) is 14.4 Å². The third-order valence-electron chi connectivity index (χ3n) is 5.86. The normalized spacial score (nSPS) is 18.2. The van der Waals surface area contributed by atoms with Gasteiger partial charge in [0, 0.05) is 17.8 Å². The maximum atomic E-state index is 12.9. The number of carbonyl (C=O) groups is 3. The standard InChI is InChI=1S/C24H23N5O5/c30-20-14-29(24(32)25-20)17-8-6-7-16(13-17)22-26-23(34-27-22)19-11-4-5-12-28(19)21(31)15-33-18-9-2-1-3-10-18/h1-3,6-10,13,19H,4-5,11-12,14-15H2,(H,25,30,32)/t19-/m1/s1. The minimum atomic E-state index is -0.468. The second-order valence-corrected chi connectivity index (χ2v) is 8.15. The van der Waals surface area contributed by atoms with E-state index in [0.29, 0.717) is 35.3 Å². The first-order valence-corrected chi connectivity index (χ1v) is 11.1. The fraction of sp³-hybridized carbons (Fsp3) is 0.292. The fourth-order valence-electron chi connectivity index (χ4n) is 4.18. The van der Waals surface area contributed by atoms with Crippen LogP contribution in [0.2, 0.25) is 0 Å². The number of hydrogen-bond acceptors (Lipinski definition) is 7. The van der Waals surface area contributed by atoms with E-state index in [1.54, 1.807) is 41.3 Å². The van der Waals surface area contributed by atoms with Gasteiger partial charge in [-0.3, -0.25) is 19.8 Å². The monoisotopic (exact) mass is 461 g/mol. The molecule has 10 nitrogen and oxygen atoms in total. The van der Waals surface area contributed by atoms with Crippen molar-refractivity contribution in [3.8, 4) is 17.1 Å². The number of anilines is 1. The van der Waals surface area contributed by atoms with Crippen molar-refractivity contribution in [1.82, 2.24) is 20.4 Å². The Kier molecular flexibility index (Phi) is 5.94. The molecule has 3 aromatic rings. The molecular formula is C24H23N5O5. The second-order valence-electron chi connectivity index (χ2n) is 8.15. The number of rotatable bonds is 6. The summed E-state index contributed by atoms with van der Waals surface area (Å²) >= 11 is 0. The molecule has 174 valence electrons. The Labute approximate surface area is 195 Å². The maximum Gasteiger partial charge on any atom is 0.329 e. The first-order chi connectivity index (χ1) is 16.6.